The molecule has 6 heteroatoms. The van der Waals surface area contributed by atoms with Crippen LogP contribution >= 0.6 is 0 Å². The molecule has 1 rings (SSSR count). The number of nitrogens with zero attached hydrogens (tertiary/aromatic N) is 1. The van der Waals surface area contributed by atoms with Gasteiger partial charge in [-0.3, -0.25) is 0 Å². The highest BCUT2D eigenvalue weighted by Gasteiger charge is 2.24. The predicted molar refractivity (Wildman–Crippen MR) is 70.6 cm³/mol. The summed E-state index contributed by atoms with van der Waals surface area (Å²) >= 11 is 0. The summed E-state index contributed by atoms with van der Waals surface area (Å²) in [7, 11) is -1.94. The van der Waals surface area contributed by atoms with Crippen LogP contribution in [-0.4, -0.2) is 39.5 Å². The number of hydrogen-bond donors (Lipinski definition) is 1. The number of ether oxygens (including phenoxy) is 1. The average molecular weight is 272 g/mol. The number of benzene rings is 1. The molecule has 0 atom stereocenters. The smallest absolute Gasteiger partial charge is 0.243 e. The van der Waals surface area contributed by atoms with Gasteiger partial charge in [-0.2, -0.15) is 4.31 Å². The Bertz CT molecular complexity index is 474. The lowest BCUT2D eigenvalue weighted by molar-refractivity contribution is 0.180. The third kappa shape index (κ3) is 3.29. The van der Waals surface area contributed by atoms with E-state index >= 15 is 0 Å². The second-order valence-electron chi connectivity index (χ2n) is 3.80. The highest BCUT2D eigenvalue weighted by molar-refractivity contribution is 7.89. The summed E-state index contributed by atoms with van der Waals surface area (Å²) in [5.74, 6) is 0. The molecule has 0 aliphatic heterocycles. The largest absolute Gasteiger partial charge is 0.383 e. The van der Waals surface area contributed by atoms with Crippen LogP contribution in [0.1, 0.15) is 12.5 Å². The van der Waals surface area contributed by atoms with Crippen molar-refractivity contribution in [3.8, 4) is 0 Å². The summed E-state index contributed by atoms with van der Waals surface area (Å²) < 4.78 is 31.3. The SMILES string of the molecule is CCN(CCOC)S(=O)(=O)c1ccccc1CN. The molecule has 0 radical (unpaired) electrons. The van der Waals surface area contributed by atoms with Gasteiger partial charge < -0.3 is 10.5 Å². The molecule has 5 nitrogen and oxygen atoms in total. The third-order valence-corrected chi connectivity index (χ3v) is 4.78. The quantitative estimate of drug-likeness (QED) is 0.797. The zero-order valence-electron chi connectivity index (χ0n) is 10.8. The average Bonchev–Trinajstić information content (AvgIpc) is 2.39. The maximum Gasteiger partial charge on any atom is 0.243 e. The Hall–Kier alpha value is -0.950. The van der Waals surface area contributed by atoms with Gasteiger partial charge in [-0.15, -0.1) is 0 Å². The van der Waals surface area contributed by atoms with E-state index in [1.54, 1.807) is 38.3 Å². The highest BCUT2D eigenvalue weighted by atomic mass is 32.2. The van der Waals surface area contributed by atoms with E-state index in [4.69, 9.17) is 10.5 Å². The number of hydrogen-bond acceptors (Lipinski definition) is 4. The van der Waals surface area contributed by atoms with Gasteiger partial charge >= 0.3 is 0 Å². The molecule has 0 heterocycles. The van der Waals surface area contributed by atoms with E-state index in [9.17, 15) is 8.42 Å². The van der Waals surface area contributed by atoms with E-state index in [1.807, 2.05) is 0 Å². The number of methoxy groups -OCH3 is 1. The number of nitrogens with two attached hydrogens (primary N) is 1. The van der Waals surface area contributed by atoms with Gasteiger partial charge in [-0.25, -0.2) is 8.42 Å². The number of likely N-dealkylation sites (N-methyl/N-ethyl adjacent to an activating group) is 1. The molecule has 2 N–H and O–H groups in total. The van der Waals surface area contributed by atoms with E-state index in [2.05, 4.69) is 0 Å². The maximum absolute atomic E-state index is 12.5. The van der Waals surface area contributed by atoms with E-state index in [-0.39, 0.29) is 11.4 Å². The van der Waals surface area contributed by atoms with Crippen LogP contribution in [0.4, 0.5) is 0 Å². The zero-order valence-corrected chi connectivity index (χ0v) is 11.6. The maximum atomic E-state index is 12.5. The van der Waals surface area contributed by atoms with E-state index < -0.39 is 10.0 Å². The molecule has 0 aliphatic rings. The first-order chi connectivity index (χ1) is 8.57. The van der Waals surface area contributed by atoms with Crippen LogP contribution in [-0.2, 0) is 21.3 Å². The first-order valence-electron chi connectivity index (χ1n) is 5.85. The minimum atomic E-state index is -3.49. The Labute approximate surface area is 109 Å². The molecule has 0 amide bonds. The van der Waals surface area contributed by atoms with E-state index in [0.717, 1.165) is 0 Å². The Morgan fingerprint density at radius 1 is 1.33 bits per heavy atom. The molecule has 0 saturated carbocycles. The van der Waals surface area contributed by atoms with Crippen molar-refractivity contribution in [1.82, 2.24) is 4.31 Å². The molecule has 0 bridgehead atoms. The monoisotopic (exact) mass is 272 g/mol. The van der Waals surface area contributed by atoms with E-state index in [1.165, 1.54) is 4.31 Å². The van der Waals surface area contributed by atoms with Crippen LogP contribution in [0.5, 0.6) is 0 Å². The second kappa shape index (κ2) is 6.84. The molecule has 1 aromatic rings. The summed E-state index contributed by atoms with van der Waals surface area (Å²) in [4.78, 5) is 0.283. The molecule has 0 aromatic heterocycles. The standard InChI is InChI=1S/C12H20N2O3S/c1-3-14(8-9-17-2)18(15,16)12-7-5-4-6-11(12)10-13/h4-7H,3,8-10,13H2,1-2H3. The van der Waals surface area contributed by atoms with Crippen molar-refractivity contribution < 1.29 is 13.2 Å². The number of rotatable bonds is 7. The molecule has 0 unspecified atom stereocenters. The van der Waals surface area contributed by atoms with Crippen LogP contribution in [0.25, 0.3) is 0 Å². The lowest BCUT2D eigenvalue weighted by atomic mass is 10.2. The van der Waals surface area contributed by atoms with Crippen molar-refractivity contribution in [1.29, 1.82) is 0 Å². The molecule has 102 valence electrons. The van der Waals surface area contributed by atoms with Crippen molar-refractivity contribution in [3.05, 3.63) is 29.8 Å². The molecular weight excluding hydrogens is 252 g/mol. The van der Waals surface area contributed by atoms with Crippen molar-refractivity contribution in [3.63, 3.8) is 0 Å². The summed E-state index contributed by atoms with van der Waals surface area (Å²) in [5.41, 5.74) is 6.21. The highest BCUT2D eigenvalue weighted by Crippen LogP contribution is 2.19. The molecule has 1 aromatic carbocycles. The van der Waals surface area contributed by atoms with Gasteiger partial charge in [0, 0.05) is 26.7 Å². The van der Waals surface area contributed by atoms with Gasteiger partial charge in [-0.1, -0.05) is 25.1 Å². The van der Waals surface area contributed by atoms with E-state index in [0.29, 0.717) is 25.3 Å². The van der Waals surface area contributed by atoms with Crippen LogP contribution in [0, 0.1) is 0 Å². The Morgan fingerprint density at radius 3 is 2.56 bits per heavy atom. The van der Waals surface area contributed by atoms with Crippen LogP contribution < -0.4 is 5.73 Å². The first-order valence-corrected chi connectivity index (χ1v) is 7.29. The minimum absolute atomic E-state index is 0.206. The van der Waals surface area contributed by atoms with Gasteiger partial charge in [0.1, 0.15) is 0 Å². The second-order valence-corrected chi connectivity index (χ2v) is 5.71. The predicted octanol–water partition coefficient (Wildman–Crippen LogP) is 0.802. The lowest BCUT2D eigenvalue weighted by Crippen LogP contribution is -2.34. The van der Waals surface area contributed by atoms with Gasteiger partial charge in [0.25, 0.3) is 0 Å². The fraction of sp³-hybridized carbons (Fsp3) is 0.500. The van der Waals surface area contributed by atoms with Gasteiger partial charge in [0.05, 0.1) is 11.5 Å². The van der Waals surface area contributed by atoms with Gasteiger partial charge in [0.15, 0.2) is 0 Å². The molecular formula is C12H20N2O3S. The summed E-state index contributed by atoms with van der Waals surface area (Å²) in [6.45, 7) is 3.13. The Morgan fingerprint density at radius 2 is 2.00 bits per heavy atom. The number of sulfonamides is 1. The first kappa shape index (κ1) is 15.1. The Balaban J connectivity index is 3.10. The van der Waals surface area contributed by atoms with Crippen LogP contribution in [0.2, 0.25) is 0 Å². The molecule has 0 fully saturated rings. The third-order valence-electron chi connectivity index (χ3n) is 2.71. The molecule has 0 saturated heterocycles. The van der Waals surface area contributed by atoms with Crippen molar-refractivity contribution >= 4 is 10.0 Å². The van der Waals surface area contributed by atoms with Crippen LogP contribution in [0.15, 0.2) is 29.2 Å². The van der Waals surface area contributed by atoms with Gasteiger partial charge in [0.2, 0.25) is 10.0 Å². The van der Waals surface area contributed by atoms with Gasteiger partial charge in [-0.05, 0) is 11.6 Å². The fourth-order valence-corrected chi connectivity index (χ4v) is 3.37. The van der Waals surface area contributed by atoms with Crippen LogP contribution in [0.3, 0.4) is 0 Å². The summed E-state index contributed by atoms with van der Waals surface area (Å²) in [6, 6.07) is 6.81. The Kier molecular flexibility index (Phi) is 5.74. The fourth-order valence-electron chi connectivity index (χ4n) is 1.70. The minimum Gasteiger partial charge on any atom is -0.383 e. The topological polar surface area (TPSA) is 72.6 Å². The van der Waals surface area contributed by atoms with Crippen molar-refractivity contribution in [2.24, 2.45) is 5.73 Å². The van der Waals surface area contributed by atoms with Crippen molar-refractivity contribution in [2.45, 2.75) is 18.4 Å². The molecule has 0 spiro atoms. The lowest BCUT2D eigenvalue weighted by Gasteiger charge is -2.21. The summed E-state index contributed by atoms with van der Waals surface area (Å²) in [5, 5.41) is 0. The summed E-state index contributed by atoms with van der Waals surface area (Å²) in [6.07, 6.45) is 0. The zero-order chi connectivity index (χ0) is 13.6. The normalized spacial score (nSPS) is 12.0. The van der Waals surface area contributed by atoms with Crippen molar-refractivity contribution in [2.75, 3.05) is 26.8 Å². The molecule has 18 heavy (non-hydrogen) atoms. The molecule has 0 aliphatic carbocycles.